The average molecular weight is 262 g/mol. The molecule has 0 atom stereocenters. The predicted octanol–water partition coefficient (Wildman–Crippen LogP) is 2.76. The lowest BCUT2D eigenvalue weighted by molar-refractivity contribution is 0.0931. The lowest BCUT2D eigenvalue weighted by atomic mass is 10.3. The molecule has 0 saturated heterocycles. The number of methoxy groups -OCH3 is 1. The number of nitrogens with zero attached hydrogens (tertiary/aromatic N) is 2. The second-order valence-electron chi connectivity index (χ2n) is 3.82. The number of benzene rings is 1. The normalized spacial score (nSPS) is 11.6. The number of rotatable bonds is 2. The van der Waals surface area contributed by atoms with Gasteiger partial charge in [-0.2, -0.15) is 0 Å². The van der Waals surface area contributed by atoms with Crippen LogP contribution in [0.3, 0.4) is 0 Å². The van der Waals surface area contributed by atoms with Crippen LogP contribution in [0.5, 0.6) is 5.75 Å². The summed E-state index contributed by atoms with van der Waals surface area (Å²) in [7, 11) is 1.62. The maximum Gasteiger partial charge on any atom is 0.229 e. The molecule has 2 rings (SSSR count). The van der Waals surface area contributed by atoms with Crippen LogP contribution in [0, 0.1) is 6.92 Å². The molecule has 4 nitrogen and oxygen atoms in total. The molecule has 18 heavy (non-hydrogen) atoms. The van der Waals surface area contributed by atoms with Crippen molar-refractivity contribution in [2.24, 2.45) is 4.99 Å². The molecule has 2 aromatic rings. The van der Waals surface area contributed by atoms with Crippen LogP contribution in [0.2, 0.25) is 0 Å². The Balaban J connectivity index is 2.47. The largest absolute Gasteiger partial charge is 0.497 e. The van der Waals surface area contributed by atoms with E-state index in [1.807, 2.05) is 36.6 Å². The molecular weight excluding hydrogens is 248 g/mol. The van der Waals surface area contributed by atoms with Crippen molar-refractivity contribution < 1.29 is 9.53 Å². The number of aryl methyl sites for hydroxylation is 1. The lowest BCUT2D eigenvalue weighted by Crippen LogP contribution is -2.21. The van der Waals surface area contributed by atoms with Crippen molar-refractivity contribution in [2.75, 3.05) is 7.11 Å². The van der Waals surface area contributed by atoms with Crippen LogP contribution in [0.15, 0.2) is 34.6 Å². The molecule has 0 spiro atoms. The first-order chi connectivity index (χ1) is 8.61. The molecule has 0 aliphatic heterocycles. The monoisotopic (exact) mass is 262 g/mol. The Hall–Kier alpha value is -1.88. The summed E-state index contributed by atoms with van der Waals surface area (Å²) in [6.45, 7) is 3.43. The minimum absolute atomic E-state index is 0.0268. The molecule has 0 N–H and O–H groups in total. The maximum atomic E-state index is 11.5. The van der Waals surface area contributed by atoms with Crippen LogP contribution in [-0.2, 0) is 0 Å². The zero-order valence-electron chi connectivity index (χ0n) is 10.5. The van der Waals surface area contributed by atoms with Crippen molar-refractivity contribution in [3.05, 3.63) is 40.1 Å². The minimum Gasteiger partial charge on any atom is -0.497 e. The summed E-state index contributed by atoms with van der Waals surface area (Å²) in [6.07, 6.45) is 0. The Morgan fingerprint density at radius 3 is 2.56 bits per heavy atom. The van der Waals surface area contributed by atoms with E-state index in [1.165, 1.54) is 18.3 Å². The fraction of sp³-hybridized carbons (Fsp3) is 0.231. The quantitative estimate of drug-likeness (QED) is 0.835. The number of aromatic nitrogens is 1. The summed E-state index contributed by atoms with van der Waals surface area (Å²) in [5.74, 6) is 0.761. The summed E-state index contributed by atoms with van der Waals surface area (Å²) >= 11 is 1.45. The smallest absolute Gasteiger partial charge is 0.229 e. The second kappa shape index (κ2) is 5.18. The topological polar surface area (TPSA) is 43.6 Å². The van der Waals surface area contributed by atoms with Gasteiger partial charge in [-0.1, -0.05) is 0 Å². The first-order valence-electron chi connectivity index (χ1n) is 5.48. The standard InChI is InChI=1S/C13H14N2O2S/c1-9-8-18-13(15(9)10(2)16)14-11-4-6-12(17-3)7-5-11/h4-8H,1-3H3. The number of thiazole rings is 1. The molecule has 0 bridgehead atoms. The van der Waals surface area contributed by atoms with E-state index in [4.69, 9.17) is 4.74 Å². The number of hydrogen-bond donors (Lipinski definition) is 0. The minimum atomic E-state index is -0.0268. The summed E-state index contributed by atoms with van der Waals surface area (Å²) in [6, 6.07) is 7.41. The van der Waals surface area contributed by atoms with Gasteiger partial charge in [0, 0.05) is 18.0 Å². The molecule has 1 heterocycles. The Bertz CT molecular complexity index is 623. The van der Waals surface area contributed by atoms with Gasteiger partial charge in [-0.3, -0.25) is 9.36 Å². The zero-order chi connectivity index (χ0) is 13.1. The van der Waals surface area contributed by atoms with E-state index >= 15 is 0 Å². The van der Waals surface area contributed by atoms with Crippen LogP contribution in [0.25, 0.3) is 0 Å². The molecule has 0 saturated carbocycles. The summed E-state index contributed by atoms with van der Waals surface area (Å²) in [4.78, 5) is 16.7. The van der Waals surface area contributed by atoms with Gasteiger partial charge in [-0.05, 0) is 31.2 Å². The summed E-state index contributed by atoms with van der Waals surface area (Å²) in [5, 5.41) is 1.92. The average Bonchev–Trinajstić information content (AvgIpc) is 2.71. The van der Waals surface area contributed by atoms with E-state index in [9.17, 15) is 4.79 Å². The molecule has 0 radical (unpaired) electrons. The van der Waals surface area contributed by atoms with Crippen LogP contribution in [-0.4, -0.2) is 17.6 Å². The van der Waals surface area contributed by atoms with E-state index in [0.29, 0.717) is 4.80 Å². The molecule has 0 aliphatic carbocycles. The number of carbonyl (C=O) groups is 1. The first kappa shape index (κ1) is 12.6. The van der Waals surface area contributed by atoms with Crippen molar-refractivity contribution in [2.45, 2.75) is 13.8 Å². The van der Waals surface area contributed by atoms with Crippen LogP contribution in [0.4, 0.5) is 5.69 Å². The van der Waals surface area contributed by atoms with Crippen molar-refractivity contribution >= 4 is 22.9 Å². The van der Waals surface area contributed by atoms with Gasteiger partial charge in [0.15, 0.2) is 4.80 Å². The van der Waals surface area contributed by atoms with Crippen molar-refractivity contribution in [1.82, 2.24) is 4.57 Å². The van der Waals surface area contributed by atoms with Gasteiger partial charge in [0.05, 0.1) is 12.8 Å². The highest BCUT2D eigenvalue weighted by Gasteiger charge is 2.05. The van der Waals surface area contributed by atoms with Crippen molar-refractivity contribution in [1.29, 1.82) is 0 Å². The number of ether oxygens (including phenoxy) is 1. The second-order valence-corrected chi connectivity index (χ2v) is 4.66. The molecule has 0 fully saturated rings. The maximum absolute atomic E-state index is 11.5. The van der Waals surface area contributed by atoms with Gasteiger partial charge < -0.3 is 4.74 Å². The van der Waals surface area contributed by atoms with Crippen LogP contribution < -0.4 is 9.54 Å². The van der Waals surface area contributed by atoms with Gasteiger partial charge in [-0.25, -0.2) is 4.99 Å². The predicted molar refractivity (Wildman–Crippen MR) is 71.6 cm³/mol. The number of hydrogen-bond acceptors (Lipinski definition) is 4. The fourth-order valence-electron chi connectivity index (χ4n) is 1.62. The highest BCUT2D eigenvalue weighted by Crippen LogP contribution is 2.17. The lowest BCUT2D eigenvalue weighted by Gasteiger charge is -2.00. The van der Waals surface area contributed by atoms with E-state index in [2.05, 4.69) is 4.99 Å². The van der Waals surface area contributed by atoms with Gasteiger partial charge >= 0.3 is 0 Å². The zero-order valence-corrected chi connectivity index (χ0v) is 11.3. The Labute approximate surface area is 109 Å². The van der Waals surface area contributed by atoms with Crippen LogP contribution in [0.1, 0.15) is 17.4 Å². The molecule has 94 valence electrons. The third-order valence-corrected chi connectivity index (χ3v) is 3.43. The molecule has 5 heteroatoms. The summed E-state index contributed by atoms with van der Waals surface area (Å²) < 4.78 is 6.69. The van der Waals surface area contributed by atoms with Crippen molar-refractivity contribution in [3.63, 3.8) is 0 Å². The number of carbonyl (C=O) groups excluding carboxylic acids is 1. The summed E-state index contributed by atoms with van der Waals surface area (Å²) in [5.41, 5.74) is 1.70. The molecular formula is C13H14N2O2S. The highest BCUT2D eigenvalue weighted by atomic mass is 32.1. The Morgan fingerprint density at radius 1 is 1.33 bits per heavy atom. The molecule has 1 aromatic heterocycles. The van der Waals surface area contributed by atoms with E-state index in [0.717, 1.165) is 17.1 Å². The molecule has 0 aliphatic rings. The van der Waals surface area contributed by atoms with E-state index in [1.54, 1.807) is 11.7 Å². The van der Waals surface area contributed by atoms with Gasteiger partial charge in [-0.15, -0.1) is 11.3 Å². The van der Waals surface area contributed by atoms with Gasteiger partial charge in [0.25, 0.3) is 0 Å². The van der Waals surface area contributed by atoms with Crippen molar-refractivity contribution in [3.8, 4) is 5.75 Å². The van der Waals surface area contributed by atoms with Gasteiger partial charge in [0.1, 0.15) is 5.75 Å². The third kappa shape index (κ3) is 2.51. The van der Waals surface area contributed by atoms with Crippen LogP contribution >= 0.6 is 11.3 Å². The Kier molecular flexibility index (Phi) is 3.62. The van der Waals surface area contributed by atoms with E-state index < -0.39 is 0 Å². The molecule has 0 amide bonds. The SMILES string of the molecule is COc1ccc(N=c2scc(C)n2C(C)=O)cc1. The highest BCUT2D eigenvalue weighted by molar-refractivity contribution is 7.07. The molecule has 1 aromatic carbocycles. The third-order valence-electron chi connectivity index (χ3n) is 2.49. The van der Waals surface area contributed by atoms with E-state index in [-0.39, 0.29) is 5.91 Å². The first-order valence-corrected chi connectivity index (χ1v) is 6.36. The van der Waals surface area contributed by atoms with Gasteiger partial charge in [0.2, 0.25) is 5.91 Å². The fourth-order valence-corrected chi connectivity index (χ4v) is 2.54. The Morgan fingerprint density at radius 2 is 2.00 bits per heavy atom. The molecule has 0 unspecified atom stereocenters.